The Labute approximate surface area is 187 Å². The lowest BCUT2D eigenvalue weighted by molar-refractivity contribution is -0.189. The molecule has 0 saturated heterocycles. The maximum atomic E-state index is 14.5. The van der Waals surface area contributed by atoms with E-state index in [2.05, 4.69) is 9.97 Å². The molecule has 0 spiro atoms. The van der Waals surface area contributed by atoms with Crippen molar-refractivity contribution in [2.45, 2.75) is 38.5 Å². The van der Waals surface area contributed by atoms with Gasteiger partial charge in [-0.3, -0.25) is 24.4 Å². The number of rotatable bonds is 4. The molecule has 2 aromatic rings. The van der Waals surface area contributed by atoms with Crippen molar-refractivity contribution in [2.75, 3.05) is 14.2 Å². The first-order valence-corrected chi connectivity index (χ1v) is 10.9. The van der Waals surface area contributed by atoms with Crippen LogP contribution in [0.5, 0.6) is 0 Å². The minimum Gasteiger partial charge on any atom is -0.468 e. The predicted molar refractivity (Wildman–Crippen MR) is 115 cm³/mol. The zero-order valence-electron chi connectivity index (χ0n) is 18.8. The van der Waals surface area contributed by atoms with Crippen molar-refractivity contribution < 1.29 is 23.9 Å². The molecule has 2 saturated carbocycles. The maximum Gasteiger partial charge on any atom is 0.320 e. The Morgan fingerprint density at radius 3 is 1.53 bits per heavy atom. The van der Waals surface area contributed by atoms with Crippen LogP contribution in [0, 0.1) is 22.7 Å². The van der Waals surface area contributed by atoms with Crippen LogP contribution in [0.2, 0.25) is 0 Å². The van der Waals surface area contributed by atoms with Gasteiger partial charge in [0, 0.05) is 36.6 Å². The monoisotopic (exact) mass is 436 g/mol. The number of esters is 2. The fourth-order valence-corrected chi connectivity index (χ4v) is 6.67. The van der Waals surface area contributed by atoms with Crippen molar-refractivity contribution in [3.05, 3.63) is 60.2 Å². The molecule has 4 unspecified atom stereocenters. The summed E-state index contributed by atoms with van der Waals surface area (Å²) in [6, 6.07) is 7.36. The molecule has 2 bridgehead atoms. The Morgan fingerprint density at radius 1 is 0.812 bits per heavy atom. The normalized spacial score (nSPS) is 33.9. The van der Waals surface area contributed by atoms with E-state index >= 15 is 0 Å². The fourth-order valence-electron chi connectivity index (χ4n) is 6.67. The lowest BCUT2D eigenvalue weighted by Crippen LogP contribution is -2.67. The summed E-state index contributed by atoms with van der Waals surface area (Å²) >= 11 is 0. The molecule has 7 nitrogen and oxygen atoms in total. The number of nitrogens with zero attached hydrogens (tertiary/aromatic N) is 2. The van der Waals surface area contributed by atoms with Gasteiger partial charge >= 0.3 is 11.9 Å². The number of Topliss-reactive ketones (excluding diaryl/α,β-unsaturated/α-hetero) is 1. The van der Waals surface area contributed by atoms with Crippen LogP contribution in [-0.2, 0) is 23.9 Å². The molecule has 2 heterocycles. The number of carbonyl (C=O) groups is 3. The van der Waals surface area contributed by atoms with Crippen LogP contribution in [0.4, 0.5) is 0 Å². The molecule has 32 heavy (non-hydrogen) atoms. The Bertz CT molecular complexity index is 948. The van der Waals surface area contributed by atoms with Crippen molar-refractivity contribution in [3.63, 3.8) is 0 Å². The smallest absolute Gasteiger partial charge is 0.320 e. The quantitative estimate of drug-likeness (QED) is 0.536. The van der Waals surface area contributed by atoms with Crippen LogP contribution in [0.3, 0.4) is 0 Å². The summed E-state index contributed by atoms with van der Waals surface area (Å²) in [5.74, 6) is -2.87. The average Bonchev–Trinajstić information content (AvgIpc) is 2.81. The van der Waals surface area contributed by atoms with Crippen molar-refractivity contribution in [1.29, 1.82) is 0 Å². The summed E-state index contributed by atoms with van der Waals surface area (Å²) in [7, 11) is 2.60. The summed E-state index contributed by atoms with van der Waals surface area (Å²) in [6.07, 6.45) is 7.27. The fraction of sp³-hybridized carbons (Fsp3) is 0.480. The zero-order valence-corrected chi connectivity index (χ0v) is 18.8. The van der Waals surface area contributed by atoms with Crippen molar-refractivity contribution >= 4 is 17.7 Å². The molecular weight excluding hydrogens is 408 g/mol. The molecule has 2 aliphatic carbocycles. The van der Waals surface area contributed by atoms with Gasteiger partial charge in [0.15, 0.2) is 5.78 Å². The maximum absolute atomic E-state index is 14.5. The standard InChI is InChI=1S/C25H28N2O5/c1-15-13-24(22(29)31-3)19(17-5-9-26-10-6-17)16(2)20(18-7-11-27-12-8-18)25(14-15,21(24)28)23(30)32-4/h5-12,15-16,19-20H,13-14H2,1-4H3. The van der Waals surface area contributed by atoms with E-state index in [-0.39, 0.29) is 11.8 Å². The number of ether oxygens (including phenoxy) is 2. The van der Waals surface area contributed by atoms with Gasteiger partial charge in [-0.15, -0.1) is 0 Å². The predicted octanol–water partition coefficient (Wildman–Crippen LogP) is 3.31. The van der Waals surface area contributed by atoms with Crippen LogP contribution in [0.25, 0.3) is 0 Å². The van der Waals surface area contributed by atoms with Gasteiger partial charge in [0.05, 0.1) is 14.2 Å². The summed E-state index contributed by atoms with van der Waals surface area (Å²) in [4.78, 5) is 49.6. The Kier molecular flexibility index (Phi) is 5.61. The third-order valence-corrected chi connectivity index (χ3v) is 7.49. The SMILES string of the molecule is COC(=O)C12CC(C)CC(C(=O)OC)(C1=O)C(c1ccncc1)C(C)C2c1ccncc1. The van der Waals surface area contributed by atoms with E-state index in [4.69, 9.17) is 9.47 Å². The van der Waals surface area contributed by atoms with E-state index in [1.54, 1.807) is 24.8 Å². The molecule has 0 aromatic carbocycles. The van der Waals surface area contributed by atoms with Gasteiger partial charge in [0.1, 0.15) is 10.8 Å². The first-order chi connectivity index (χ1) is 15.3. The minimum absolute atomic E-state index is 0.0768. The summed E-state index contributed by atoms with van der Waals surface area (Å²) in [5, 5.41) is 0. The zero-order chi connectivity index (χ0) is 23.1. The van der Waals surface area contributed by atoms with E-state index in [1.165, 1.54) is 14.2 Å². The highest BCUT2D eigenvalue weighted by Crippen LogP contribution is 2.67. The molecular formula is C25H28N2O5. The number of ketones is 1. The molecule has 0 aliphatic heterocycles. The van der Waals surface area contributed by atoms with Gasteiger partial charge in [-0.1, -0.05) is 13.8 Å². The number of aromatic nitrogens is 2. The van der Waals surface area contributed by atoms with Crippen LogP contribution in [0.15, 0.2) is 49.1 Å². The van der Waals surface area contributed by atoms with Crippen molar-refractivity contribution in [3.8, 4) is 0 Å². The lowest BCUT2D eigenvalue weighted by atomic mass is 9.40. The highest BCUT2D eigenvalue weighted by molar-refractivity contribution is 6.17. The summed E-state index contributed by atoms with van der Waals surface area (Å²) in [6.45, 7) is 3.99. The number of fused-ring (bicyclic) bond motifs is 2. The number of hydrogen-bond acceptors (Lipinski definition) is 7. The second kappa shape index (κ2) is 8.11. The Hall–Kier alpha value is -3.09. The Balaban J connectivity index is 2.07. The second-order valence-corrected chi connectivity index (χ2v) is 9.14. The van der Waals surface area contributed by atoms with E-state index in [1.807, 2.05) is 38.1 Å². The van der Waals surface area contributed by atoms with E-state index in [9.17, 15) is 14.4 Å². The summed E-state index contributed by atoms with van der Waals surface area (Å²) in [5.41, 5.74) is -1.30. The van der Waals surface area contributed by atoms with Gasteiger partial charge in [0.2, 0.25) is 0 Å². The number of methoxy groups -OCH3 is 2. The minimum atomic E-state index is -1.48. The first kappa shape index (κ1) is 22.1. The van der Waals surface area contributed by atoms with Gasteiger partial charge in [-0.2, -0.15) is 0 Å². The molecule has 4 atom stereocenters. The van der Waals surface area contributed by atoms with Crippen LogP contribution in [-0.4, -0.2) is 41.9 Å². The van der Waals surface area contributed by atoms with Crippen LogP contribution >= 0.6 is 0 Å². The second-order valence-electron chi connectivity index (χ2n) is 9.14. The van der Waals surface area contributed by atoms with Crippen molar-refractivity contribution in [2.24, 2.45) is 22.7 Å². The van der Waals surface area contributed by atoms with E-state index in [0.29, 0.717) is 12.8 Å². The largest absolute Gasteiger partial charge is 0.468 e. The molecule has 2 fully saturated rings. The van der Waals surface area contributed by atoms with E-state index < -0.39 is 40.4 Å². The molecule has 0 amide bonds. The van der Waals surface area contributed by atoms with Crippen LogP contribution in [0.1, 0.15) is 49.7 Å². The number of hydrogen-bond donors (Lipinski definition) is 0. The molecule has 0 radical (unpaired) electrons. The summed E-state index contributed by atoms with van der Waals surface area (Å²) < 4.78 is 10.5. The van der Waals surface area contributed by atoms with Crippen molar-refractivity contribution in [1.82, 2.24) is 9.97 Å². The third kappa shape index (κ3) is 2.90. The molecule has 2 aliphatic rings. The van der Waals surface area contributed by atoms with Gasteiger partial charge in [-0.25, -0.2) is 0 Å². The van der Waals surface area contributed by atoms with Gasteiger partial charge in [0.25, 0.3) is 0 Å². The Morgan fingerprint density at radius 2 is 1.19 bits per heavy atom. The highest BCUT2D eigenvalue weighted by Gasteiger charge is 2.74. The molecule has 2 aromatic heterocycles. The molecule has 7 heteroatoms. The number of carbonyl (C=O) groups excluding carboxylic acids is 3. The molecule has 168 valence electrons. The van der Waals surface area contributed by atoms with Gasteiger partial charge < -0.3 is 9.47 Å². The average molecular weight is 437 g/mol. The molecule has 0 N–H and O–H groups in total. The highest BCUT2D eigenvalue weighted by atomic mass is 16.5. The third-order valence-electron chi connectivity index (χ3n) is 7.49. The van der Waals surface area contributed by atoms with E-state index in [0.717, 1.165) is 11.1 Å². The first-order valence-electron chi connectivity index (χ1n) is 10.9. The molecule has 4 rings (SSSR count). The lowest BCUT2D eigenvalue weighted by Gasteiger charge is -2.59. The topological polar surface area (TPSA) is 95.5 Å². The van der Waals surface area contributed by atoms with Gasteiger partial charge in [-0.05, 0) is 60.1 Å². The number of pyridine rings is 2. The van der Waals surface area contributed by atoms with Crippen LogP contribution < -0.4 is 0 Å².